The van der Waals surface area contributed by atoms with Crippen LogP contribution in [0.3, 0.4) is 0 Å². The molecule has 2 aromatic carbocycles. The molecule has 1 N–H and O–H groups in total. The molecule has 0 aliphatic carbocycles. The van der Waals surface area contributed by atoms with Crippen molar-refractivity contribution in [3.8, 4) is 0 Å². The number of hydrogen-bond acceptors (Lipinski definition) is 3. The van der Waals surface area contributed by atoms with E-state index in [1.54, 1.807) is 29.2 Å². The van der Waals surface area contributed by atoms with Crippen molar-refractivity contribution in [2.45, 2.75) is 31.6 Å². The van der Waals surface area contributed by atoms with E-state index in [1.165, 1.54) is 12.1 Å². The van der Waals surface area contributed by atoms with Crippen molar-refractivity contribution in [3.05, 3.63) is 58.1 Å². The Morgan fingerprint density at radius 2 is 1.73 bits per heavy atom. The van der Waals surface area contributed by atoms with Gasteiger partial charge < -0.3 is 4.90 Å². The summed E-state index contributed by atoms with van der Waals surface area (Å²) in [7, 11) is -3.81. The molecule has 0 unspecified atom stereocenters. The van der Waals surface area contributed by atoms with Gasteiger partial charge in [-0.15, -0.1) is 0 Å². The zero-order valence-corrected chi connectivity index (χ0v) is 16.3. The lowest BCUT2D eigenvalue weighted by Gasteiger charge is -2.19. The van der Waals surface area contributed by atoms with Crippen LogP contribution in [0.2, 0.25) is 5.02 Å². The highest BCUT2D eigenvalue weighted by Gasteiger charge is 2.24. The van der Waals surface area contributed by atoms with Crippen molar-refractivity contribution in [2.24, 2.45) is 0 Å². The molecule has 1 aliphatic rings. The molecule has 1 heterocycles. The first kappa shape index (κ1) is 18.7. The first-order valence-electron chi connectivity index (χ1n) is 8.47. The molecule has 1 aliphatic heterocycles. The van der Waals surface area contributed by atoms with Crippen LogP contribution >= 0.6 is 11.6 Å². The van der Waals surface area contributed by atoms with Crippen LogP contribution in [-0.2, 0) is 10.0 Å². The van der Waals surface area contributed by atoms with E-state index in [0.29, 0.717) is 18.1 Å². The predicted molar refractivity (Wildman–Crippen MR) is 103 cm³/mol. The number of amides is 1. The molecule has 138 valence electrons. The molecule has 1 amide bonds. The highest BCUT2D eigenvalue weighted by molar-refractivity contribution is 7.92. The second kappa shape index (κ2) is 7.29. The molecule has 26 heavy (non-hydrogen) atoms. The molecule has 0 saturated carbocycles. The molecule has 0 spiro atoms. The zero-order valence-electron chi connectivity index (χ0n) is 14.8. The number of sulfonamides is 1. The third-order valence-electron chi connectivity index (χ3n) is 4.64. The molecule has 2 aromatic rings. The second-order valence-corrected chi connectivity index (χ2v) is 8.66. The van der Waals surface area contributed by atoms with Crippen molar-refractivity contribution >= 4 is 33.2 Å². The van der Waals surface area contributed by atoms with E-state index in [0.717, 1.165) is 24.0 Å². The second-order valence-electron chi connectivity index (χ2n) is 6.54. The summed E-state index contributed by atoms with van der Waals surface area (Å²) >= 11 is 6.05. The van der Waals surface area contributed by atoms with Gasteiger partial charge in [0.25, 0.3) is 15.9 Å². The molecular formula is C19H21ClN2O3S. The predicted octanol–water partition coefficient (Wildman–Crippen LogP) is 3.99. The van der Waals surface area contributed by atoms with E-state index in [-0.39, 0.29) is 22.1 Å². The molecule has 0 aromatic heterocycles. The van der Waals surface area contributed by atoms with Gasteiger partial charge in [-0.3, -0.25) is 9.52 Å². The standard InChI is InChI=1S/C19H21ClN2O3S/c1-13-5-7-16(11-14(13)2)26(24,25)21-18-8-6-15(20)12-17(18)19(23)22-9-3-4-10-22/h5-8,11-12,21H,3-4,9-10H2,1-2H3. The van der Waals surface area contributed by atoms with Gasteiger partial charge in [-0.05, 0) is 68.1 Å². The number of anilines is 1. The third kappa shape index (κ3) is 3.86. The smallest absolute Gasteiger partial charge is 0.261 e. The van der Waals surface area contributed by atoms with Crippen LogP contribution in [0.5, 0.6) is 0 Å². The highest BCUT2D eigenvalue weighted by atomic mass is 35.5. The number of benzene rings is 2. The monoisotopic (exact) mass is 392 g/mol. The molecule has 5 nitrogen and oxygen atoms in total. The molecule has 3 rings (SSSR count). The number of nitrogens with one attached hydrogen (secondary N) is 1. The maximum Gasteiger partial charge on any atom is 0.261 e. The number of aryl methyl sites for hydroxylation is 2. The lowest BCUT2D eigenvalue weighted by molar-refractivity contribution is 0.0794. The summed E-state index contributed by atoms with van der Waals surface area (Å²) in [5.74, 6) is -0.206. The molecule has 1 fully saturated rings. The average Bonchev–Trinajstić information content (AvgIpc) is 3.12. The van der Waals surface area contributed by atoms with Crippen LogP contribution in [-0.4, -0.2) is 32.3 Å². The minimum Gasteiger partial charge on any atom is -0.339 e. The van der Waals surface area contributed by atoms with E-state index < -0.39 is 10.0 Å². The fourth-order valence-electron chi connectivity index (χ4n) is 2.96. The van der Waals surface area contributed by atoms with Crippen molar-refractivity contribution in [1.82, 2.24) is 4.90 Å². The SMILES string of the molecule is Cc1ccc(S(=O)(=O)Nc2ccc(Cl)cc2C(=O)N2CCCC2)cc1C. The summed E-state index contributed by atoms with van der Waals surface area (Å²) in [4.78, 5) is 14.7. The van der Waals surface area contributed by atoms with Crippen LogP contribution in [0.1, 0.15) is 34.3 Å². The van der Waals surface area contributed by atoms with E-state index >= 15 is 0 Å². The summed E-state index contributed by atoms with van der Waals surface area (Å²) in [6.45, 7) is 5.13. The van der Waals surface area contributed by atoms with Gasteiger partial charge in [0.2, 0.25) is 0 Å². The lowest BCUT2D eigenvalue weighted by Crippen LogP contribution is -2.29. The first-order chi connectivity index (χ1) is 12.3. The fourth-order valence-corrected chi connectivity index (χ4v) is 4.29. The Kier molecular flexibility index (Phi) is 5.25. The normalized spacial score (nSPS) is 14.5. The van der Waals surface area contributed by atoms with E-state index in [9.17, 15) is 13.2 Å². The van der Waals surface area contributed by atoms with Gasteiger partial charge in [0.1, 0.15) is 0 Å². The molecule has 0 atom stereocenters. The van der Waals surface area contributed by atoms with Crippen molar-refractivity contribution in [1.29, 1.82) is 0 Å². The Morgan fingerprint density at radius 1 is 1.04 bits per heavy atom. The first-order valence-corrected chi connectivity index (χ1v) is 10.3. The van der Waals surface area contributed by atoms with E-state index in [2.05, 4.69) is 4.72 Å². The van der Waals surface area contributed by atoms with Crippen LogP contribution in [0.25, 0.3) is 0 Å². The number of halogens is 1. The number of rotatable bonds is 4. The largest absolute Gasteiger partial charge is 0.339 e. The van der Waals surface area contributed by atoms with Crippen LogP contribution in [0.15, 0.2) is 41.3 Å². The number of nitrogens with zero attached hydrogens (tertiary/aromatic N) is 1. The van der Waals surface area contributed by atoms with Gasteiger partial charge in [0, 0.05) is 18.1 Å². The average molecular weight is 393 g/mol. The summed E-state index contributed by atoms with van der Waals surface area (Å²) in [6, 6.07) is 9.56. The maximum absolute atomic E-state index is 12.8. The Morgan fingerprint density at radius 3 is 2.38 bits per heavy atom. The van der Waals surface area contributed by atoms with Gasteiger partial charge in [0.15, 0.2) is 0 Å². The minimum atomic E-state index is -3.81. The number of carbonyl (C=O) groups is 1. The lowest BCUT2D eigenvalue weighted by atomic mass is 10.1. The Labute approximate surface area is 159 Å². The van der Waals surface area contributed by atoms with Crippen molar-refractivity contribution in [3.63, 3.8) is 0 Å². The van der Waals surface area contributed by atoms with E-state index in [1.807, 2.05) is 13.8 Å². The zero-order chi connectivity index (χ0) is 18.9. The maximum atomic E-state index is 12.8. The Hall–Kier alpha value is -2.05. The van der Waals surface area contributed by atoms with E-state index in [4.69, 9.17) is 11.6 Å². The van der Waals surface area contributed by atoms with Gasteiger partial charge in [-0.1, -0.05) is 17.7 Å². The number of carbonyl (C=O) groups excluding carboxylic acids is 1. The summed E-state index contributed by atoms with van der Waals surface area (Å²) in [6.07, 6.45) is 1.91. The Balaban J connectivity index is 1.96. The fraction of sp³-hybridized carbons (Fsp3) is 0.316. The summed E-state index contributed by atoms with van der Waals surface area (Å²) in [5, 5.41) is 0.390. The molecule has 7 heteroatoms. The highest BCUT2D eigenvalue weighted by Crippen LogP contribution is 2.26. The quantitative estimate of drug-likeness (QED) is 0.855. The van der Waals surface area contributed by atoms with Crippen molar-refractivity contribution < 1.29 is 13.2 Å². The molecule has 0 radical (unpaired) electrons. The molecule has 0 bridgehead atoms. The van der Waals surface area contributed by atoms with Gasteiger partial charge in [0.05, 0.1) is 16.1 Å². The molecular weight excluding hydrogens is 372 g/mol. The topological polar surface area (TPSA) is 66.5 Å². The van der Waals surface area contributed by atoms with Crippen LogP contribution in [0, 0.1) is 13.8 Å². The van der Waals surface area contributed by atoms with Gasteiger partial charge in [-0.25, -0.2) is 8.42 Å². The summed E-state index contributed by atoms with van der Waals surface area (Å²) < 4.78 is 28.1. The van der Waals surface area contributed by atoms with Crippen molar-refractivity contribution in [2.75, 3.05) is 17.8 Å². The number of hydrogen-bond donors (Lipinski definition) is 1. The number of likely N-dealkylation sites (tertiary alicyclic amines) is 1. The minimum absolute atomic E-state index is 0.162. The third-order valence-corrected chi connectivity index (χ3v) is 6.24. The van der Waals surface area contributed by atoms with Crippen LogP contribution < -0.4 is 4.72 Å². The molecule has 1 saturated heterocycles. The van der Waals surface area contributed by atoms with Gasteiger partial charge in [-0.2, -0.15) is 0 Å². The Bertz CT molecular complexity index is 951. The van der Waals surface area contributed by atoms with Gasteiger partial charge >= 0.3 is 0 Å². The summed E-state index contributed by atoms with van der Waals surface area (Å²) in [5.41, 5.74) is 2.41. The van der Waals surface area contributed by atoms with Crippen LogP contribution in [0.4, 0.5) is 5.69 Å².